The zero-order valence-electron chi connectivity index (χ0n) is 13.5. The summed E-state index contributed by atoms with van der Waals surface area (Å²) >= 11 is 0. The number of hydrogen-bond donors (Lipinski definition) is 0. The Kier molecular flexibility index (Phi) is 4.71. The van der Waals surface area contributed by atoms with Crippen LogP contribution in [0.3, 0.4) is 0 Å². The minimum atomic E-state index is -0.840. The van der Waals surface area contributed by atoms with Crippen LogP contribution >= 0.6 is 0 Å². The van der Waals surface area contributed by atoms with Gasteiger partial charge in [0.1, 0.15) is 6.67 Å². The number of likely N-dealkylation sites (tertiary alicyclic amines) is 1. The third-order valence-corrected chi connectivity index (χ3v) is 5.03. The third-order valence-electron chi connectivity index (χ3n) is 5.03. The van der Waals surface area contributed by atoms with Crippen LogP contribution < -0.4 is 4.90 Å². The molecule has 0 amide bonds. The highest BCUT2D eigenvalue weighted by atomic mass is 19.1. The zero-order chi connectivity index (χ0) is 16.4. The number of likely N-dealkylation sites (N-methyl/N-ethyl adjacent to an activating group) is 1. The van der Waals surface area contributed by atoms with E-state index in [0.717, 1.165) is 18.7 Å². The van der Waals surface area contributed by atoms with Gasteiger partial charge in [0.05, 0.1) is 12.1 Å². The largest absolute Gasteiger partial charge is 0.376 e. The van der Waals surface area contributed by atoms with Crippen molar-refractivity contribution in [1.29, 1.82) is 0 Å². The normalized spacial score (nSPS) is 26.1. The molecule has 0 aliphatic carbocycles. The van der Waals surface area contributed by atoms with Gasteiger partial charge in [-0.05, 0) is 36.7 Å². The molecule has 2 heterocycles. The van der Waals surface area contributed by atoms with Gasteiger partial charge < -0.3 is 9.64 Å². The zero-order valence-corrected chi connectivity index (χ0v) is 13.5. The van der Waals surface area contributed by atoms with Crippen molar-refractivity contribution in [2.45, 2.75) is 30.7 Å². The highest BCUT2D eigenvalue weighted by molar-refractivity contribution is 5.51. The Morgan fingerprint density at radius 2 is 2.09 bits per heavy atom. The van der Waals surface area contributed by atoms with E-state index in [0.29, 0.717) is 12.1 Å². The van der Waals surface area contributed by atoms with Gasteiger partial charge in [0.15, 0.2) is 0 Å². The van der Waals surface area contributed by atoms with Gasteiger partial charge in [0, 0.05) is 42.9 Å². The predicted octanol–water partition coefficient (Wildman–Crippen LogP) is 2.92. The van der Waals surface area contributed by atoms with Gasteiger partial charge in [0.2, 0.25) is 0 Å². The summed E-state index contributed by atoms with van der Waals surface area (Å²) in [7, 11) is 3.69. The van der Waals surface area contributed by atoms with Gasteiger partial charge in [0.25, 0.3) is 0 Å². The van der Waals surface area contributed by atoms with Crippen molar-refractivity contribution in [2.75, 3.05) is 38.8 Å². The number of fused-ring (bicyclic) bond motifs is 2. The first kappa shape index (κ1) is 16.1. The lowest BCUT2D eigenvalue weighted by molar-refractivity contribution is 0.0722. The van der Waals surface area contributed by atoms with Gasteiger partial charge in [-0.1, -0.05) is 17.2 Å². The predicted molar refractivity (Wildman–Crippen MR) is 87.3 cm³/mol. The minimum absolute atomic E-state index is 0.564. The van der Waals surface area contributed by atoms with Gasteiger partial charge in [-0.15, -0.1) is 0 Å². The Hall–Kier alpha value is -1.82. The number of rotatable bonds is 6. The van der Waals surface area contributed by atoms with Gasteiger partial charge in [-0.2, -0.15) is 0 Å². The fourth-order valence-electron chi connectivity index (χ4n) is 3.79. The van der Waals surface area contributed by atoms with E-state index in [2.05, 4.69) is 26.9 Å². The highest BCUT2D eigenvalue weighted by Gasteiger charge is 2.41. The molecule has 1 aromatic carbocycles. The van der Waals surface area contributed by atoms with Crippen LogP contribution in [0.4, 0.5) is 10.1 Å². The molecule has 0 aromatic heterocycles. The molecule has 3 rings (SSSR count). The summed E-state index contributed by atoms with van der Waals surface area (Å²) in [4.78, 5) is 7.57. The number of nitrogens with zero attached hydrogens (tertiary/aromatic N) is 5. The van der Waals surface area contributed by atoms with Crippen LogP contribution in [0.2, 0.25) is 0 Å². The lowest BCUT2D eigenvalue weighted by Gasteiger charge is -2.34. The summed E-state index contributed by atoms with van der Waals surface area (Å²) in [6.07, 6.45) is 0.658. The molecule has 2 bridgehead atoms. The summed E-state index contributed by atoms with van der Waals surface area (Å²) in [5.41, 5.74) is 10.6. The smallest absolute Gasteiger partial charge is 0.101 e. The van der Waals surface area contributed by atoms with Crippen molar-refractivity contribution < 1.29 is 9.13 Å². The Bertz CT molecular complexity index is 587. The van der Waals surface area contributed by atoms with E-state index in [4.69, 9.17) is 10.3 Å². The summed E-state index contributed by atoms with van der Waals surface area (Å²) in [6.45, 7) is 1.42. The van der Waals surface area contributed by atoms with Crippen molar-refractivity contribution in [3.05, 3.63) is 40.3 Å². The second-order valence-electron chi connectivity index (χ2n) is 6.31. The van der Waals surface area contributed by atoms with Gasteiger partial charge in [-0.25, -0.2) is 0 Å². The average Bonchev–Trinajstić information content (AvgIpc) is 3.14. The summed E-state index contributed by atoms with van der Waals surface area (Å²) in [6, 6.07) is 8.36. The quantitative estimate of drug-likeness (QED) is 0.460. The highest BCUT2D eigenvalue weighted by Crippen LogP contribution is 2.34. The van der Waals surface area contributed by atoms with Crippen molar-refractivity contribution in [2.24, 2.45) is 5.11 Å². The summed E-state index contributed by atoms with van der Waals surface area (Å²) in [5.74, 6) is 0. The molecule has 0 spiro atoms. The number of azide groups is 1. The van der Waals surface area contributed by atoms with Crippen LogP contribution in [0, 0.1) is 0 Å². The van der Waals surface area contributed by atoms with Crippen LogP contribution in [0.25, 0.3) is 10.4 Å². The van der Waals surface area contributed by atoms with Gasteiger partial charge in [-0.3, -0.25) is 9.29 Å². The average molecular weight is 319 g/mol. The van der Waals surface area contributed by atoms with E-state index in [9.17, 15) is 4.39 Å². The number of benzene rings is 1. The maximum absolute atomic E-state index is 13.1. The van der Waals surface area contributed by atoms with E-state index in [1.165, 1.54) is 19.2 Å². The molecule has 7 heteroatoms. The molecule has 2 saturated heterocycles. The van der Waals surface area contributed by atoms with E-state index >= 15 is 0 Å². The van der Waals surface area contributed by atoms with Crippen LogP contribution in [0.5, 0.6) is 0 Å². The number of anilines is 1. The number of piperazine rings is 1. The van der Waals surface area contributed by atoms with E-state index in [1.807, 2.05) is 24.3 Å². The maximum atomic E-state index is 13.1. The lowest BCUT2D eigenvalue weighted by Crippen LogP contribution is -2.44. The number of alkyl halides is 1. The first-order valence-electron chi connectivity index (χ1n) is 7.87. The summed E-state index contributed by atoms with van der Waals surface area (Å²) in [5, 5.41) is 3.49. The number of halogens is 1. The van der Waals surface area contributed by atoms with Crippen LogP contribution in [0.15, 0.2) is 29.4 Å². The SMILES string of the molecule is CO[C@H](c1ccc(N2CC3CC2CN3C)cc1)[C@@H](CF)N=[N+]=[N-]. The molecule has 0 saturated carbocycles. The molecule has 4 atom stereocenters. The number of methoxy groups -OCH3 is 1. The minimum Gasteiger partial charge on any atom is -0.376 e. The van der Waals surface area contributed by atoms with Crippen molar-refractivity contribution in [3.8, 4) is 0 Å². The van der Waals surface area contributed by atoms with Gasteiger partial charge >= 0.3 is 0 Å². The first-order valence-corrected chi connectivity index (χ1v) is 7.87. The Balaban J connectivity index is 1.75. The number of ether oxygens (including phenoxy) is 1. The fraction of sp³-hybridized carbons (Fsp3) is 0.625. The molecule has 1 aromatic rings. The molecule has 0 N–H and O–H groups in total. The van der Waals surface area contributed by atoms with E-state index in [1.54, 1.807) is 0 Å². The van der Waals surface area contributed by atoms with E-state index < -0.39 is 18.8 Å². The second kappa shape index (κ2) is 6.74. The third kappa shape index (κ3) is 3.00. The molecule has 2 unspecified atom stereocenters. The van der Waals surface area contributed by atoms with Crippen molar-refractivity contribution in [1.82, 2.24) is 4.90 Å². The Morgan fingerprint density at radius 1 is 1.35 bits per heavy atom. The van der Waals surface area contributed by atoms with Crippen LogP contribution in [0.1, 0.15) is 18.1 Å². The standard InChI is InChI=1S/C16H22FN5O/c1-21-9-14-7-13(21)10-22(14)12-5-3-11(4-6-12)16(23-2)15(8-17)19-20-18/h3-6,13-16H,7-10H2,1-2H3/t13?,14?,15-,16-/m1/s1. The molecule has 2 aliphatic heterocycles. The van der Waals surface area contributed by atoms with Crippen molar-refractivity contribution >= 4 is 5.69 Å². The molecule has 2 fully saturated rings. The van der Waals surface area contributed by atoms with Crippen LogP contribution in [-0.2, 0) is 4.74 Å². The van der Waals surface area contributed by atoms with Crippen molar-refractivity contribution in [3.63, 3.8) is 0 Å². The maximum Gasteiger partial charge on any atom is 0.101 e. The Morgan fingerprint density at radius 3 is 2.57 bits per heavy atom. The molecule has 0 radical (unpaired) electrons. The first-order chi connectivity index (χ1) is 11.2. The lowest BCUT2D eigenvalue weighted by atomic mass is 10.0. The molecular weight excluding hydrogens is 297 g/mol. The molecular formula is C16H22FN5O. The fourth-order valence-corrected chi connectivity index (χ4v) is 3.79. The molecule has 2 aliphatic rings. The summed E-state index contributed by atoms with van der Waals surface area (Å²) < 4.78 is 18.4. The molecule has 124 valence electrons. The van der Waals surface area contributed by atoms with E-state index in [-0.39, 0.29) is 0 Å². The van der Waals surface area contributed by atoms with Crippen LogP contribution in [-0.4, -0.2) is 56.9 Å². The second-order valence-corrected chi connectivity index (χ2v) is 6.31. The number of hydrogen-bond acceptors (Lipinski definition) is 4. The molecule has 23 heavy (non-hydrogen) atoms. The monoisotopic (exact) mass is 319 g/mol. The Labute approximate surface area is 135 Å². The topological polar surface area (TPSA) is 64.5 Å². The molecule has 6 nitrogen and oxygen atoms in total.